The summed E-state index contributed by atoms with van der Waals surface area (Å²) in [6.07, 6.45) is 2.01. The molecular formula is C29H30BrN3O5. The fourth-order valence-electron chi connectivity index (χ4n) is 5.09. The van der Waals surface area contributed by atoms with Crippen molar-refractivity contribution in [3.05, 3.63) is 82.0 Å². The van der Waals surface area contributed by atoms with E-state index in [0.29, 0.717) is 47.4 Å². The molecule has 198 valence electrons. The number of ether oxygens (including phenoxy) is 4. The lowest BCUT2D eigenvalue weighted by molar-refractivity contribution is 0.000625. The number of para-hydroxylation sites is 1. The van der Waals surface area contributed by atoms with Crippen molar-refractivity contribution in [1.82, 2.24) is 14.9 Å². The molecule has 0 amide bonds. The van der Waals surface area contributed by atoms with Crippen LogP contribution in [-0.2, 0) is 5.60 Å². The average molecular weight is 580 g/mol. The molecule has 0 spiro atoms. The van der Waals surface area contributed by atoms with Gasteiger partial charge in [-0.2, -0.15) is 0 Å². The Kier molecular flexibility index (Phi) is 7.43. The largest absolute Gasteiger partial charge is 0.481 e. The van der Waals surface area contributed by atoms with Crippen molar-refractivity contribution < 1.29 is 24.1 Å². The molecule has 3 heterocycles. The van der Waals surface area contributed by atoms with Crippen molar-refractivity contribution >= 4 is 26.8 Å². The van der Waals surface area contributed by atoms with Crippen LogP contribution in [-0.4, -0.2) is 61.6 Å². The van der Waals surface area contributed by atoms with Gasteiger partial charge in [-0.3, -0.25) is 0 Å². The Morgan fingerprint density at radius 2 is 1.84 bits per heavy atom. The normalized spacial score (nSPS) is 14.9. The van der Waals surface area contributed by atoms with Crippen molar-refractivity contribution in [2.45, 2.75) is 17.9 Å². The summed E-state index contributed by atoms with van der Waals surface area (Å²) >= 11 is 3.58. The van der Waals surface area contributed by atoms with Gasteiger partial charge in [-0.15, -0.1) is 0 Å². The summed E-state index contributed by atoms with van der Waals surface area (Å²) in [5.74, 6) is 1.28. The van der Waals surface area contributed by atoms with Crippen LogP contribution in [0.15, 0.2) is 65.3 Å². The SMILES string of the molecule is COc1nc2ccc(Br)cc2cc1C(c1cccc2c1OCO2)C(O)(CCN(C)C)c1cccnc1OC. The van der Waals surface area contributed by atoms with Crippen LogP contribution in [0, 0.1) is 0 Å². The Bertz CT molecular complexity index is 1460. The van der Waals surface area contributed by atoms with E-state index in [1.165, 1.54) is 0 Å². The molecule has 2 unspecified atom stereocenters. The summed E-state index contributed by atoms with van der Waals surface area (Å²) < 4.78 is 24.1. The smallest absolute Gasteiger partial charge is 0.231 e. The van der Waals surface area contributed by atoms with Gasteiger partial charge in [-0.05, 0) is 63.0 Å². The van der Waals surface area contributed by atoms with E-state index in [2.05, 4.69) is 20.9 Å². The zero-order valence-electron chi connectivity index (χ0n) is 21.8. The molecule has 1 aliphatic heterocycles. The maximum atomic E-state index is 13.0. The number of methoxy groups -OCH3 is 2. The minimum Gasteiger partial charge on any atom is -0.481 e. The van der Waals surface area contributed by atoms with Gasteiger partial charge in [-0.25, -0.2) is 9.97 Å². The standard InChI is InChI=1S/C29H30BrN3O5/c1-33(2)14-12-29(34,22-8-6-13-31-28(22)36-4)25(20-7-5-9-24-26(20)38-17-37-24)21-16-18-15-19(30)10-11-23(18)32-27(21)35-3/h5-11,13,15-16,25,34H,12,14,17H2,1-4H3. The van der Waals surface area contributed by atoms with Gasteiger partial charge in [0.1, 0.15) is 5.60 Å². The van der Waals surface area contributed by atoms with E-state index >= 15 is 0 Å². The van der Waals surface area contributed by atoms with Crippen LogP contribution in [0.1, 0.15) is 29.0 Å². The molecule has 0 saturated heterocycles. The summed E-state index contributed by atoms with van der Waals surface area (Å²) in [7, 11) is 7.09. The fourth-order valence-corrected chi connectivity index (χ4v) is 5.47. The predicted octanol–water partition coefficient (Wildman–Crippen LogP) is 5.11. The van der Waals surface area contributed by atoms with Gasteiger partial charge in [0.25, 0.3) is 0 Å². The third-order valence-electron chi connectivity index (χ3n) is 6.86. The monoisotopic (exact) mass is 579 g/mol. The van der Waals surface area contributed by atoms with Crippen molar-refractivity contribution in [2.75, 3.05) is 41.7 Å². The van der Waals surface area contributed by atoms with Crippen LogP contribution in [0.25, 0.3) is 10.9 Å². The first-order valence-corrected chi connectivity index (χ1v) is 13.0. The Labute approximate surface area is 230 Å². The second-order valence-corrected chi connectivity index (χ2v) is 10.4. The highest BCUT2D eigenvalue weighted by molar-refractivity contribution is 9.10. The van der Waals surface area contributed by atoms with Gasteiger partial charge >= 0.3 is 0 Å². The van der Waals surface area contributed by atoms with Crippen molar-refractivity contribution in [2.24, 2.45) is 0 Å². The zero-order chi connectivity index (χ0) is 26.9. The van der Waals surface area contributed by atoms with E-state index in [1.807, 2.05) is 67.5 Å². The van der Waals surface area contributed by atoms with E-state index in [0.717, 1.165) is 20.9 Å². The number of aromatic nitrogens is 2. The van der Waals surface area contributed by atoms with E-state index in [-0.39, 0.29) is 6.79 Å². The zero-order valence-corrected chi connectivity index (χ0v) is 23.4. The quantitative estimate of drug-likeness (QED) is 0.293. The summed E-state index contributed by atoms with van der Waals surface area (Å²) in [6, 6.07) is 17.3. The topological polar surface area (TPSA) is 86.2 Å². The molecule has 2 aromatic carbocycles. The maximum absolute atomic E-state index is 13.0. The molecule has 38 heavy (non-hydrogen) atoms. The molecule has 2 aromatic heterocycles. The molecule has 9 heteroatoms. The highest BCUT2D eigenvalue weighted by Gasteiger charge is 2.46. The van der Waals surface area contributed by atoms with Gasteiger partial charge in [0.15, 0.2) is 11.5 Å². The summed E-state index contributed by atoms with van der Waals surface area (Å²) in [4.78, 5) is 11.3. The molecule has 2 atom stereocenters. The Balaban J connectivity index is 1.85. The Morgan fingerprint density at radius 3 is 2.61 bits per heavy atom. The van der Waals surface area contributed by atoms with Crippen LogP contribution in [0.4, 0.5) is 0 Å². The van der Waals surface area contributed by atoms with Crippen LogP contribution >= 0.6 is 15.9 Å². The first-order valence-electron chi connectivity index (χ1n) is 12.2. The van der Waals surface area contributed by atoms with Crippen LogP contribution < -0.4 is 18.9 Å². The maximum Gasteiger partial charge on any atom is 0.231 e. The van der Waals surface area contributed by atoms with E-state index < -0.39 is 11.5 Å². The molecule has 1 N–H and O–H groups in total. The van der Waals surface area contributed by atoms with Gasteiger partial charge < -0.3 is 29.0 Å². The first kappa shape index (κ1) is 26.2. The number of pyridine rings is 2. The van der Waals surface area contributed by atoms with E-state index in [9.17, 15) is 5.11 Å². The lowest BCUT2D eigenvalue weighted by Gasteiger charge is -2.39. The van der Waals surface area contributed by atoms with Crippen molar-refractivity contribution in [1.29, 1.82) is 0 Å². The first-order chi connectivity index (χ1) is 18.4. The summed E-state index contributed by atoms with van der Waals surface area (Å²) in [5, 5.41) is 13.9. The lowest BCUT2D eigenvalue weighted by Crippen LogP contribution is -2.38. The number of nitrogens with zero attached hydrogens (tertiary/aromatic N) is 3. The Morgan fingerprint density at radius 1 is 1.03 bits per heavy atom. The average Bonchev–Trinajstić information content (AvgIpc) is 3.41. The molecule has 0 saturated carbocycles. The molecule has 0 fully saturated rings. The third-order valence-corrected chi connectivity index (χ3v) is 7.35. The molecule has 4 aromatic rings. The number of aliphatic hydroxyl groups is 1. The van der Waals surface area contributed by atoms with Crippen molar-refractivity contribution in [3.63, 3.8) is 0 Å². The number of benzene rings is 2. The number of halogens is 1. The van der Waals surface area contributed by atoms with E-state index in [4.69, 9.17) is 23.9 Å². The number of hydrogen-bond acceptors (Lipinski definition) is 8. The third kappa shape index (κ3) is 4.77. The predicted molar refractivity (Wildman–Crippen MR) is 148 cm³/mol. The Hall–Kier alpha value is -3.40. The van der Waals surface area contributed by atoms with Crippen LogP contribution in [0.2, 0.25) is 0 Å². The number of fused-ring (bicyclic) bond motifs is 2. The van der Waals surface area contributed by atoms with Crippen molar-refractivity contribution in [3.8, 4) is 23.3 Å². The van der Waals surface area contributed by atoms with Gasteiger partial charge in [0, 0.05) is 39.3 Å². The fraction of sp³-hybridized carbons (Fsp3) is 0.310. The highest BCUT2D eigenvalue weighted by atomic mass is 79.9. The second-order valence-electron chi connectivity index (χ2n) is 9.48. The molecular weight excluding hydrogens is 550 g/mol. The molecule has 8 nitrogen and oxygen atoms in total. The van der Waals surface area contributed by atoms with Gasteiger partial charge in [-0.1, -0.05) is 28.1 Å². The van der Waals surface area contributed by atoms with Crippen LogP contribution in [0.3, 0.4) is 0 Å². The lowest BCUT2D eigenvalue weighted by atomic mass is 9.71. The number of rotatable bonds is 9. The minimum absolute atomic E-state index is 0.103. The molecule has 0 radical (unpaired) electrons. The van der Waals surface area contributed by atoms with Gasteiger partial charge in [0.05, 0.1) is 25.7 Å². The van der Waals surface area contributed by atoms with Crippen LogP contribution in [0.5, 0.6) is 23.3 Å². The molecule has 0 bridgehead atoms. The highest BCUT2D eigenvalue weighted by Crippen LogP contribution is 2.53. The van der Waals surface area contributed by atoms with E-state index in [1.54, 1.807) is 26.5 Å². The van der Waals surface area contributed by atoms with Gasteiger partial charge in [0.2, 0.25) is 18.6 Å². The molecule has 0 aliphatic carbocycles. The second kappa shape index (κ2) is 10.8. The number of hydrogen-bond donors (Lipinski definition) is 1. The summed E-state index contributed by atoms with van der Waals surface area (Å²) in [6.45, 7) is 0.692. The minimum atomic E-state index is -1.50. The summed E-state index contributed by atoms with van der Waals surface area (Å²) in [5.41, 5.74) is 1.29. The molecule has 1 aliphatic rings. The molecule has 5 rings (SSSR count).